The summed E-state index contributed by atoms with van der Waals surface area (Å²) in [6, 6.07) is 2.39. The van der Waals surface area contributed by atoms with E-state index < -0.39 is 29.7 Å². The number of hydrogen-bond acceptors (Lipinski definition) is 3. The largest absolute Gasteiger partial charge is 0.480 e. The minimum Gasteiger partial charge on any atom is -0.480 e. The predicted octanol–water partition coefficient (Wildman–Crippen LogP) is 2.02. The number of halogens is 3. The fraction of sp³-hybridized carbons (Fsp3) is 0.385. The van der Waals surface area contributed by atoms with Crippen LogP contribution in [-0.4, -0.2) is 29.6 Å². The second-order valence-corrected chi connectivity index (χ2v) is 4.50. The monoisotopic (exact) mass is 304 g/mol. The molecule has 0 saturated carbocycles. The zero-order valence-electron chi connectivity index (χ0n) is 11.4. The number of rotatable bonds is 5. The van der Waals surface area contributed by atoms with E-state index in [-0.39, 0.29) is 17.8 Å². The van der Waals surface area contributed by atoms with E-state index in [0.717, 1.165) is 13.0 Å². The Bertz CT molecular complexity index is 544. The summed E-state index contributed by atoms with van der Waals surface area (Å²) < 4.78 is 38.2. The second kappa shape index (κ2) is 6.47. The van der Waals surface area contributed by atoms with Crippen molar-refractivity contribution in [3.8, 4) is 0 Å². The number of carboxylic acid groups (broad SMARTS) is 1. The maximum atomic E-state index is 12.7. The van der Waals surface area contributed by atoms with Crippen molar-refractivity contribution in [3.63, 3.8) is 0 Å². The van der Waals surface area contributed by atoms with Gasteiger partial charge >= 0.3 is 12.1 Å². The first-order valence-corrected chi connectivity index (χ1v) is 6.03. The molecule has 0 bridgehead atoms. The standard InChI is InChI=1S/C13H15F3N2O3/c1-7-3-4-9(5-10(7)13(14,15)16)17-6-11(12(20)21)18-8(2)19/h3-5,11,17H,6H2,1-2H3,(H,18,19)(H,20,21). The molecule has 1 unspecified atom stereocenters. The topological polar surface area (TPSA) is 78.4 Å². The summed E-state index contributed by atoms with van der Waals surface area (Å²) in [5.41, 5.74) is -0.590. The van der Waals surface area contributed by atoms with Gasteiger partial charge in [0, 0.05) is 19.2 Å². The zero-order chi connectivity index (χ0) is 16.2. The van der Waals surface area contributed by atoms with Crippen molar-refractivity contribution in [2.75, 3.05) is 11.9 Å². The van der Waals surface area contributed by atoms with Crippen LogP contribution in [-0.2, 0) is 15.8 Å². The third kappa shape index (κ3) is 4.97. The highest BCUT2D eigenvalue weighted by Gasteiger charge is 2.32. The molecule has 0 aliphatic carbocycles. The summed E-state index contributed by atoms with van der Waals surface area (Å²) >= 11 is 0. The maximum absolute atomic E-state index is 12.7. The summed E-state index contributed by atoms with van der Waals surface area (Å²) in [5.74, 6) is -1.81. The van der Waals surface area contributed by atoms with Gasteiger partial charge in [-0.2, -0.15) is 13.2 Å². The van der Waals surface area contributed by atoms with E-state index in [2.05, 4.69) is 10.6 Å². The minimum absolute atomic E-state index is 0.0738. The Hall–Kier alpha value is -2.25. The number of aryl methyl sites for hydroxylation is 1. The summed E-state index contributed by atoms with van der Waals surface area (Å²) in [7, 11) is 0. The third-order valence-corrected chi connectivity index (χ3v) is 2.73. The van der Waals surface area contributed by atoms with Gasteiger partial charge in [-0.05, 0) is 24.6 Å². The van der Waals surface area contributed by atoms with Gasteiger partial charge in [0.05, 0.1) is 5.56 Å². The quantitative estimate of drug-likeness (QED) is 0.777. The third-order valence-electron chi connectivity index (χ3n) is 2.73. The first kappa shape index (κ1) is 16.8. The molecule has 1 amide bonds. The van der Waals surface area contributed by atoms with Gasteiger partial charge in [0.25, 0.3) is 0 Å². The number of carbonyl (C=O) groups excluding carboxylic acids is 1. The number of alkyl halides is 3. The number of hydrogen-bond donors (Lipinski definition) is 3. The van der Waals surface area contributed by atoms with Gasteiger partial charge in [0.1, 0.15) is 6.04 Å². The van der Waals surface area contributed by atoms with Gasteiger partial charge in [-0.3, -0.25) is 4.79 Å². The van der Waals surface area contributed by atoms with Gasteiger partial charge in [0.2, 0.25) is 5.91 Å². The predicted molar refractivity (Wildman–Crippen MR) is 69.9 cm³/mol. The van der Waals surface area contributed by atoms with Crippen LogP contribution in [0, 0.1) is 6.92 Å². The number of aliphatic carboxylic acids is 1. The van der Waals surface area contributed by atoms with Crippen molar-refractivity contribution in [2.45, 2.75) is 26.1 Å². The molecule has 0 fully saturated rings. The summed E-state index contributed by atoms with van der Waals surface area (Å²) in [5, 5.41) is 13.7. The number of nitrogens with one attached hydrogen (secondary N) is 2. The molecule has 21 heavy (non-hydrogen) atoms. The molecule has 0 radical (unpaired) electrons. The van der Waals surface area contributed by atoms with Crippen molar-refractivity contribution in [2.24, 2.45) is 0 Å². The van der Waals surface area contributed by atoms with Crippen LogP contribution in [0.25, 0.3) is 0 Å². The number of anilines is 1. The van der Waals surface area contributed by atoms with Crippen molar-refractivity contribution in [1.29, 1.82) is 0 Å². The summed E-state index contributed by atoms with van der Waals surface area (Å²) in [6.07, 6.45) is -4.48. The van der Waals surface area contributed by atoms with Crippen LogP contribution >= 0.6 is 0 Å². The Morgan fingerprint density at radius 2 is 1.95 bits per heavy atom. The van der Waals surface area contributed by atoms with E-state index >= 15 is 0 Å². The molecule has 1 rings (SSSR count). The maximum Gasteiger partial charge on any atom is 0.416 e. The highest BCUT2D eigenvalue weighted by molar-refractivity contribution is 5.82. The van der Waals surface area contributed by atoms with Gasteiger partial charge < -0.3 is 15.7 Å². The smallest absolute Gasteiger partial charge is 0.416 e. The molecule has 0 saturated heterocycles. The van der Waals surface area contributed by atoms with Crippen LogP contribution in [0.4, 0.5) is 18.9 Å². The average Bonchev–Trinajstić information content (AvgIpc) is 2.33. The van der Waals surface area contributed by atoms with Crippen molar-refractivity contribution in [1.82, 2.24) is 5.32 Å². The molecular weight excluding hydrogens is 289 g/mol. The molecule has 116 valence electrons. The van der Waals surface area contributed by atoms with Gasteiger partial charge in [-0.1, -0.05) is 6.07 Å². The van der Waals surface area contributed by atoms with Gasteiger partial charge in [-0.15, -0.1) is 0 Å². The van der Waals surface area contributed by atoms with Crippen LogP contribution in [0.5, 0.6) is 0 Å². The number of benzene rings is 1. The minimum atomic E-state index is -4.48. The fourth-order valence-corrected chi connectivity index (χ4v) is 1.70. The summed E-state index contributed by atoms with van der Waals surface area (Å²) in [6.45, 7) is 2.27. The molecule has 0 aliphatic heterocycles. The van der Waals surface area contributed by atoms with Crippen molar-refractivity contribution in [3.05, 3.63) is 29.3 Å². The molecule has 0 aliphatic rings. The lowest BCUT2D eigenvalue weighted by molar-refractivity contribution is -0.141. The van der Waals surface area contributed by atoms with E-state index in [1.54, 1.807) is 0 Å². The highest BCUT2D eigenvalue weighted by atomic mass is 19.4. The van der Waals surface area contributed by atoms with Crippen molar-refractivity contribution >= 4 is 17.6 Å². The lowest BCUT2D eigenvalue weighted by Gasteiger charge is -2.17. The molecule has 1 aromatic rings. The normalized spacial score (nSPS) is 12.6. The van der Waals surface area contributed by atoms with E-state index in [1.807, 2.05) is 0 Å². The van der Waals surface area contributed by atoms with Gasteiger partial charge in [0.15, 0.2) is 0 Å². The molecule has 1 atom stereocenters. The van der Waals surface area contributed by atoms with Crippen LogP contribution in [0.15, 0.2) is 18.2 Å². The number of carboxylic acids is 1. The Balaban J connectivity index is 2.84. The summed E-state index contributed by atoms with van der Waals surface area (Å²) in [4.78, 5) is 21.8. The first-order chi connectivity index (χ1) is 9.61. The van der Waals surface area contributed by atoms with Gasteiger partial charge in [-0.25, -0.2) is 4.79 Å². The highest BCUT2D eigenvalue weighted by Crippen LogP contribution is 2.33. The molecule has 0 heterocycles. The molecular formula is C13H15F3N2O3. The fourth-order valence-electron chi connectivity index (χ4n) is 1.70. The number of amides is 1. The van der Waals surface area contributed by atoms with E-state index in [1.165, 1.54) is 19.1 Å². The van der Waals surface area contributed by atoms with Crippen LogP contribution in [0.3, 0.4) is 0 Å². The van der Waals surface area contributed by atoms with E-state index in [0.29, 0.717) is 0 Å². The molecule has 8 heteroatoms. The molecule has 5 nitrogen and oxygen atoms in total. The first-order valence-electron chi connectivity index (χ1n) is 6.03. The lowest BCUT2D eigenvalue weighted by Crippen LogP contribution is -2.44. The SMILES string of the molecule is CC(=O)NC(CNc1ccc(C)c(C(F)(F)F)c1)C(=O)O. The van der Waals surface area contributed by atoms with Crippen LogP contribution < -0.4 is 10.6 Å². The van der Waals surface area contributed by atoms with Crippen LogP contribution in [0.2, 0.25) is 0 Å². The molecule has 0 spiro atoms. The average molecular weight is 304 g/mol. The van der Waals surface area contributed by atoms with E-state index in [4.69, 9.17) is 5.11 Å². The van der Waals surface area contributed by atoms with E-state index in [9.17, 15) is 22.8 Å². The molecule has 3 N–H and O–H groups in total. The van der Waals surface area contributed by atoms with Crippen molar-refractivity contribution < 1.29 is 27.9 Å². The van der Waals surface area contributed by atoms with Crippen LogP contribution in [0.1, 0.15) is 18.1 Å². The number of carbonyl (C=O) groups is 2. The molecule has 1 aromatic carbocycles. The second-order valence-electron chi connectivity index (χ2n) is 4.50. The Labute approximate surface area is 119 Å². The Morgan fingerprint density at radius 1 is 1.33 bits per heavy atom. The lowest BCUT2D eigenvalue weighted by atomic mass is 10.1. The zero-order valence-corrected chi connectivity index (χ0v) is 11.4. The molecule has 0 aromatic heterocycles. The Morgan fingerprint density at radius 3 is 2.43 bits per heavy atom. The Kier molecular flexibility index (Phi) is 5.17.